The van der Waals surface area contributed by atoms with Crippen molar-refractivity contribution in [1.29, 1.82) is 0 Å². The molecule has 64 valence electrons. The molecule has 0 aliphatic carbocycles. The molecule has 11 heavy (non-hydrogen) atoms. The van der Waals surface area contributed by atoms with E-state index in [-0.39, 0.29) is 11.8 Å². The fourth-order valence-corrected chi connectivity index (χ4v) is 1.51. The van der Waals surface area contributed by atoms with E-state index >= 15 is 0 Å². The number of piperidine rings is 1. The Hall–Kier alpha value is -0.570. The first-order chi connectivity index (χ1) is 5.25. The first kappa shape index (κ1) is 8.53. The first-order valence-corrected chi connectivity index (χ1v) is 4.24. The summed E-state index contributed by atoms with van der Waals surface area (Å²) >= 11 is 0. The molecule has 1 rings (SSSR count). The average Bonchev–Trinajstić information content (AvgIpc) is 1.99. The maximum Gasteiger partial charge on any atom is 0.225 e. The maximum absolute atomic E-state index is 11.4. The van der Waals surface area contributed by atoms with Crippen LogP contribution in [0.25, 0.3) is 0 Å². The van der Waals surface area contributed by atoms with Crippen LogP contribution in [0.15, 0.2) is 0 Å². The fourth-order valence-electron chi connectivity index (χ4n) is 1.51. The summed E-state index contributed by atoms with van der Waals surface area (Å²) in [5.41, 5.74) is 5.37. The Bertz CT molecular complexity index is 145. The standard InChI is InChI=1S/C8H16N2O/c1-7-3-2-5-10(6-4-9)8(7)11/h7H,2-6,9H2,1H3/t7-/m0/s1. The van der Waals surface area contributed by atoms with Gasteiger partial charge in [-0.1, -0.05) is 6.92 Å². The lowest BCUT2D eigenvalue weighted by atomic mass is 9.99. The molecule has 0 saturated carbocycles. The SMILES string of the molecule is C[C@H]1CCCN(CCN)C1=O. The minimum absolute atomic E-state index is 0.218. The van der Waals surface area contributed by atoms with Crippen molar-refractivity contribution in [3.63, 3.8) is 0 Å². The van der Waals surface area contributed by atoms with E-state index in [1.807, 2.05) is 11.8 Å². The van der Waals surface area contributed by atoms with Crippen molar-refractivity contribution in [3.8, 4) is 0 Å². The Morgan fingerprint density at radius 3 is 3.09 bits per heavy atom. The number of carbonyl (C=O) groups is 1. The van der Waals surface area contributed by atoms with Gasteiger partial charge in [0.25, 0.3) is 0 Å². The predicted molar refractivity (Wildman–Crippen MR) is 44.0 cm³/mol. The molecule has 0 aromatic heterocycles. The Kier molecular flexibility index (Phi) is 2.88. The van der Waals surface area contributed by atoms with E-state index in [2.05, 4.69) is 0 Å². The number of hydrogen-bond donors (Lipinski definition) is 1. The minimum atomic E-state index is 0.218. The van der Waals surface area contributed by atoms with Crippen LogP contribution in [-0.2, 0) is 4.79 Å². The summed E-state index contributed by atoms with van der Waals surface area (Å²) in [6.07, 6.45) is 2.17. The Morgan fingerprint density at radius 2 is 2.45 bits per heavy atom. The van der Waals surface area contributed by atoms with Crippen molar-refractivity contribution in [1.82, 2.24) is 4.90 Å². The van der Waals surface area contributed by atoms with Gasteiger partial charge in [0.1, 0.15) is 0 Å². The molecule has 3 heteroatoms. The van der Waals surface area contributed by atoms with Crippen LogP contribution in [0.4, 0.5) is 0 Å². The molecular formula is C8H16N2O. The number of nitrogens with two attached hydrogens (primary N) is 1. The topological polar surface area (TPSA) is 46.3 Å². The molecule has 3 nitrogen and oxygen atoms in total. The molecule has 0 spiro atoms. The zero-order chi connectivity index (χ0) is 8.27. The molecule has 0 unspecified atom stereocenters. The molecule has 1 saturated heterocycles. The van der Waals surface area contributed by atoms with Crippen LogP contribution in [0.2, 0.25) is 0 Å². The van der Waals surface area contributed by atoms with Crippen molar-refractivity contribution in [2.24, 2.45) is 11.7 Å². The second-order valence-electron chi connectivity index (χ2n) is 3.16. The lowest BCUT2D eigenvalue weighted by Gasteiger charge is -2.30. The summed E-state index contributed by atoms with van der Waals surface area (Å²) in [5.74, 6) is 0.497. The molecule has 0 aromatic rings. The van der Waals surface area contributed by atoms with Gasteiger partial charge in [0.2, 0.25) is 5.91 Å². The van der Waals surface area contributed by atoms with Crippen LogP contribution in [0.1, 0.15) is 19.8 Å². The third-order valence-electron chi connectivity index (χ3n) is 2.20. The van der Waals surface area contributed by atoms with Gasteiger partial charge in [-0.3, -0.25) is 4.79 Å². The summed E-state index contributed by atoms with van der Waals surface area (Å²) in [7, 11) is 0. The van der Waals surface area contributed by atoms with Gasteiger partial charge >= 0.3 is 0 Å². The van der Waals surface area contributed by atoms with E-state index in [9.17, 15) is 4.79 Å². The summed E-state index contributed by atoms with van der Waals surface area (Å²) in [4.78, 5) is 13.3. The molecule has 1 aliphatic rings. The van der Waals surface area contributed by atoms with Gasteiger partial charge in [0, 0.05) is 25.6 Å². The van der Waals surface area contributed by atoms with E-state index in [0.29, 0.717) is 6.54 Å². The highest BCUT2D eigenvalue weighted by Crippen LogP contribution is 2.16. The molecule has 2 N–H and O–H groups in total. The second-order valence-corrected chi connectivity index (χ2v) is 3.16. The number of hydrogen-bond acceptors (Lipinski definition) is 2. The number of likely N-dealkylation sites (tertiary alicyclic amines) is 1. The van der Waals surface area contributed by atoms with E-state index < -0.39 is 0 Å². The number of amides is 1. The fraction of sp³-hybridized carbons (Fsp3) is 0.875. The van der Waals surface area contributed by atoms with Gasteiger partial charge in [0.15, 0.2) is 0 Å². The van der Waals surface area contributed by atoms with Crippen LogP contribution in [0, 0.1) is 5.92 Å². The molecule has 0 aromatic carbocycles. The smallest absolute Gasteiger partial charge is 0.225 e. The van der Waals surface area contributed by atoms with Gasteiger partial charge < -0.3 is 10.6 Å². The molecule has 1 aliphatic heterocycles. The van der Waals surface area contributed by atoms with Gasteiger partial charge in [0.05, 0.1) is 0 Å². The molecule has 1 heterocycles. The van der Waals surface area contributed by atoms with Crippen LogP contribution < -0.4 is 5.73 Å². The first-order valence-electron chi connectivity index (χ1n) is 4.24. The zero-order valence-electron chi connectivity index (χ0n) is 7.05. The minimum Gasteiger partial charge on any atom is -0.341 e. The third kappa shape index (κ3) is 1.93. The second kappa shape index (κ2) is 3.72. The highest BCUT2D eigenvalue weighted by molar-refractivity contribution is 5.79. The molecule has 0 radical (unpaired) electrons. The van der Waals surface area contributed by atoms with Gasteiger partial charge in [-0.05, 0) is 12.8 Å². The molecule has 0 bridgehead atoms. The molecular weight excluding hydrogens is 140 g/mol. The monoisotopic (exact) mass is 156 g/mol. The van der Waals surface area contributed by atoms with Crippen molar-refractivity contribution in [3.05, 3.63) is 0 Å². The summed E-state index contributed by atoms with van der Waals surface area (Å²) < 4.78 is 0. The summed E-state index contributed by atoms with van der Waals surface area (Å²) in [5, 5.41) is 0. The van der Waals surface area contributed by atoms with Crippen LogP contribution >= 0.6 is 0 Å². The van der Waals surface area contributed by atoms with E-state index in [1.54, 1.807) is 0 Å². The molecule has 1 fully saturated rings. The summed E-state index contributed by atoms with van der Waals surface area (Å²) in [6.45, 7) is 4.20. The van der Waals surface area contributed by atoms with Gasteiger partial charge in [-0.2, -0.15) is 0 Å². The highest BCUT2D eigenvalue weighted by Gasteiger charge is 2.23. The lowest BCUT2D eigenvalue weighted by Crippen LogP contribution is -2.42. The van der Waals surface area contributed by atoms with Crippen LogP contribution in [0.5, 0.6) is 0 Å². The van der Waals surface area contributed by atoms with Crippen LogP contribution in [-0.4, -0.2) is 30.4 Å². The largest absolute Gasteiger partial charge is 0.341 e. The number of nitrogens with zero attached hydrogens (tertiary/aromatic N) is 1. The lowest BCUT2D eigenvalue weighted by molar-refractivity contribution is -0.137. The van der Waals surface area contributed by atoms with Gasteiger partial charge in [-0.15, -0.1) is 0 Å². The zero-order valence-corrected chi connectivity index (χ0v) is 7.05. The number of rotatable bonds is 2. The van der Waals surface area contributed by atoms with E-state index in [1.165, 1.54) is 0 Å². The van der Waals surface area contributed by atoms with Gasteiger partial charge in [-0.25, -0.2) is 0 Å². The molecule has 1 amide bonds. The quantitative estimate of drug-likeness (QED) is 0.621. The third-order valence-corrected chi connectivity index (χ3v) is 2.20. The predicted octanol–water partition coefficient (Wildman–Crippen LogP) is 0.204. The normalized spacial score (nSPS) is 25.8. The van der Waals surface area contributed by atoms with Crippen molar-refractivity contribution < 1.29 is 4.79 Å². The average molecular weight is 156 g/mol. The van der Waals surface area contributed by atoms with Crippen molar-refractivity contribution >= 4 is 5.91 Å². The molecule has 1 atom stereocenters. The van der Waals surface area contributed by atoms with E-state index in [4.69, 9.17) is 5.73 Å². The summed E-state index contributed by atoms with van der Waals surface area (Å²) in [6, 6.07) is 0. The van der Waals surface area contributed by atoms with Crippen molar-refractivity contribution in [2.75, 3.05) is 19.6 Å². The van der Waals surface area contributed by atoms with Crippen LogP contribution in [0.3, 0.4) is 0 Å². The number of carbonyl (C=O) groups excluding carboxylic acids is 1. The Morgan fingerprint density at radius 1 is 1.73 bits per heavy atom. The Labute approximate surface area is 67.5 Å². The Balaban J connectivity index is 2.44. The van der Waals surface area contributed by atoms with Crippen molar-refractivity contribution in [2.45, 2.75) is 19.8 Å². The highest BCUT2D eigenvalue weighted by atomic mass is 16.2. The maximum atomic E-state index is 11.4. The van der Waals surface area contributed by atoms with E-state index in [0.717, 1.165) is 25.9 Å².